The van der Waals surface area contributed by atoms with Crippen molar-refractivity contribution in [3.05, 3.63) is 51.3 Å². The SMILES string of the molecule is COCC1(COc2cc3c(cc2CO)-c2cc(=O)c(C(=O)O)cn2C(C(C)(C)COC)C3)CC1. The summed E-state index contributed by atoms with van der Waals surface area (Å²) in [5, 5.41) is 19.6. The Morgan fingerprint density at radius 1 is 1.18 bits per heavy atom. The molecule has 1 aliphatic carbocycles. The molecule has 0 spiro atoms. The molecule has 8 nitrogen and oxygen atoms in total. The summed E-state index contributed by atoms with van der Waals surface area (Å²) in [6, 6.07) is 5.05. The number of ether oxygens (including phenoxy) is 3. The number of aliphatic hydroxyl groups is 1. The van der Waals surface area contributed by atoms with Gasteiger partial charge in [0.2, 0.25) is 0 Å². The van der Waals surface area contributed by atoms with Gasteiger partial charge >= 0.3 is 5.97 Å². The Hall–Kier alpha value is -2.68. The monoisotopic (exact) mass is 471 g/mol. The van der Waals surface area contributed by atoms with E-state index in [1.54, 1.807) is 14.2 Å². The quantitative estimate of drug-likeness (QED) is 0.548. The van der Waals surface area contributed by atoms with Crippen LogP contribution in [0.15, 0.2) is 29.2 Å². The normalized spacial score (nSPS) is 18.2. The van der Waals surface area contributed by atoms with E-state index in [0.717, 1.165) is 24.0 Å². The molecule has 1 aromatic carbocycles. The Morgan fingerprint density at radius 3 is 2.50 bits per heavy atom. The number of aromatic carboxylic acids is 1. The molecule has 34 heavy (non-hydrogen) atoms. The van der Waals surface area contributed by atoms with Gasteiger partial charge < -0.3 is 29.0 Å². The fourth-order valence-corrected chi connectivity index (χ4v) is 4.99. The second-order valence-electron chi connectivity index (χ2n) is 10.3. The number of hydrogen-bond donors (Lipinski definition) is 2. The molecule has 184 valence electrons. The number of rotatable bonds is 10. The van der Waals surface area contributed by atoms with E-state index in [0.29, 0.717) is 43.2 Å². The summed E-state index contributed by atoms with van der Waals surface area (Å²) >= 11 is 0. The van der Waals surface area contributed by atoms with E-state index in [1.165, 1.54) is 12.3 Å². The maximum atomic E-state index is 12.6. The molecule has 8 heteroatoms. The van der Waals surface area contributed by atoms with Crippen molar-refractivity contribution < 1.29 is 29.2 Å². The molecule has 1 saturated carbocycles. The van der Waals surface area contributed by atoms with Crippen LogP contribution in [0, 0.1) is 10.8 Å². The number of carbonyl (C=O) groups is 1. The van der Waals surface area contributed by atoms with Crippen molar-refractivity contribution >= 4 is 5.97 Å². The average Bonchev–Trinajstić information content (AvgIpc) is 3.55. The van der Waals surface area contributed by atoms with E-state index in [1.807, 2.05) is 16.7 Å². The van der Waals surface area contributed by atoms with E-state index in [4.69, 9.17) is 14.2 Å². The van der Waals surface area contributed by atoms with Gasteiger partial charge in [0, 0.05) is 54.5 Å². The lowest BCUT2D eigenvalue weighted by molar-refractivity contribution is 0.0615. The number of carboxylic acids is 1. The van der Waals surface area contributed by atoms with Crippen molar-refractivity contribution in [2.45, 2.75) is 45.8 Å². The lowest BCUT2D eigenvalue weighted by Gasteiger charge is -2.41. The molecule has 0 amide bonds. The molecule has 4 rings (SSSR count). The number of benzene rings is 1. The van der Waals surface area contributed by atoms with Crippen molar-refractivity contribution in [2.24, 2.45) is 10.8 Å². The largest absolute Gasteiger partial charge is 0.493 e. The van der Waals surface area contributed by atoms with E-state index in [2.05, 4.69) is 13.8 Å². The Labute approximate surface area is 199 Å². The van der Waals surface area contributed by atoms with Crippen molar-refractivity contribution in [1.82, 2.24) is 4.57 Å². The first kappa shape index (κ1) is 24.4. The smallest absolute Gasteiger partial charge is 0.341 e. The molecule has 1 aromatic heterocycles. The Kier molecular flexibility index (Phi) is 6.59. The first-order chi connectivity index (χ1) is 16.1. The standard InChI is InChI=1S/C26H33NO7/c1-25(2,13-32-3)23-9-16-8-22(34-15-26(5-6-26)14-33-4)17(12-28)7-18(16)20-10-21(29)19(24(30)31)11-27(20)23/h7-8,10-11,23,28H,5-6,9,12-15H2,1-4H3,(H,30,31). The second kappa shape index (κ2) is 9.17. The van der Waals surface area contributed by atoms with Gasteiger partial charge in [-0.15, -0.1) is 0 Å². The van der Waals surface area contributed by atoms with Gasteiger partial charge in [-0.2, -0.15) is 0 Å². The fraction of sp³-hybridized carbons (Fsp3) is 0.538. The number of carboxylic acid groups (broad SMARTS) is 1. The molecule has 0 bridgehead atoms. The number of methoxy groups -OCH3 is 2. The van der Waals surface area contributed by atoms with Crippen LogP contribution in [-0.2, 0) is 22.5 Å². The lowest BCUT2D eigenvalue weighted by Crippen LogP contribution is -2.37. The summed E-state index contributed by atoms with van der Waals surface area (Å²) in [5.74, 6) is -0.621. The molecule has 0 saturated heterocycles. The highest BCUT2D eigenvalue weighted by atomic mass is 16.5. The van der Waals surface area contributed by atoms with Gasteiger partial charge in [-0.05, 0) is 37.0 Å². The van der Waals surface area contributed by atoms with Crippen LogP contribution in [0.4, 0.5) is 0 Å². The van der Waals surface area contributed by atoms with Gasteiger partial charge in [-0.25, -0.2) is 4.79 Å². The van der Waals surface area contributed by atoms with Crippen LogP contribution in [0.25, 0.3) is 11.3 Å². The topological polar surface area (TPSA) is 107 Å². The number of aromatic nitrogens is 1. The molecule has 1 fully saturated rings. The minimum atomic E-state index is -1.25. The third-order valence-corrected chi connectivity index (χ3v) is 7.15. The molecule has 1 atom stereocenters. The highest BCUT2D eigenvalue weighted by Crippen LogP contribution is 2.47. The number of nitrogens with zero attached hydrogens (tertiary/aromatic N) is 1. The van der Waals surface area contributed by atoms with Gasteiger partial charge in [0.25, 0.3) is 0 Å². The van der Waals surface area contributed by atoms with Gasteiger partial charge in [0.15, 0.2) is 5.43 Å². The number of fused-ring (bicyclic) bond motifs is 3. The summed E-state index contributed by atoms with van der Waals surface area (Å²) < 4.78 is 18.9. The van der Waals surface area contributed by atoms with Gasteiger partial charge in [0.1, 0.15) is 11.3 Å². The first-order valence-electron chi connectivity index (χ1n) is 11.5. The summed E-state index contributed by atoms with van der Waals surface area (Å²) in [4.78, 5) is 24.3. The zero-order valence-electron chi connectivity index (χ0n) is 20.2. The highest BCUT2D eigenvalue weighted by Gasteiger charge is 2.44. The second-order valence-corrected chi connectivity index (χ2v) is 10.3. The minimum absolute atomic E-state index is 0.0352. The number of hydrogen-bond acceptors (Lipinski definition) is 6. The molecule has 2 aromatic rings. The van der Waals surface area contributed by atoms with Crippen LogP contribution < -0.4 is 10.2 Å². The van der Waals surface area contributed by atoms with Crippen LogP contribution in [0.2, 0.25) is 0 Å². The van der Waals surface area contributed by atoms with Crippen molar-refractivity contribution in [1.29, 1.82) is 0 Å². The fourth-order valence-electron chi connectivity index (χ4n) is 4.99. The van der Waals surface area contributed by atoms with Crippen LogP contribution in [0.5, 0.6) is 5.75 Å². The van der Waals surface area contributed by atoms with E-state index in [9.17, 15) is 19.8 Å². The Bertz CT molecular complexity index is 1150. The summed E-state index contributed by atoms with van der Waals surface area (Å²) in [5.41, 5.74) is 1.92. The maximum Gasteiger partial charge on any atom is 0.341 e. The zero-order valence-corrected chi connectivity index (χ0v) is 20.2. The third kappa shape index (κ3) is 4.50. The molecule has 0 radical (unpaired) electrons. The first-order valence-corrected chi connectivity index (χ1v) is 11.5. The number of aliphatic hydroxyl groups excluding tert-OH is 1. The van der Waals surface area contributed by atoms with Gasteiger partial charge in [-0.3, -0.25) is 4.79 Å². The predicted octanol–water partition coefficient (Wildman–Crippen LogP) is 3.28. The van der Waals surface area contributed by atoms with Crippen molar-refractivity contribution in [3.63, 3.8) is 0 Å². The Balaban J connectivity index is 1.81. The summed E-state index contributed by atoms with van der Waals surface area (Å²) in [6.07, 6.45) is 4.15. The van der Waals surface area contributed by atoms with E-state index < -0.39 is 11.4 Å². The van der Waals surface area contributed by atoms with Crippen LogP contribution in [0.3, 0.4) is 0 Å². The highest BCUT2D eigenvalue weighted by molar-refractivity contribution is 5.87. The third-order valence-electron chi connectivity index (χ3n) is 7.15. The molecule has 2 heterocycles. The van der Waals surface area contributed by atoms with Crippen LogP contribution in [-0.4, -0.2) is 54.8 Å². The summed E-state index contributed by atoms with van der Waals surface area (Å²) in [6.45, 7) is 5.53. The maximum absolute atomic E-state index is 12.6. The molecule has 1 unspecified atom stereocenters. The van der Waals surface area contributed by atoms with Gasteiger partial charge in [-0.1, -0.05) is 13.8 Å². The zero-order chi connectivity index (χ0) is 24.7. The molecule has 2 aliphatic rings. The Morgan fingerprint density at radius 2 is 1.91 bits per heavy atom. The number of pyridine rings is 1. The van der Waals surface area contributed by atoms with Crippen molar-refractivity contribution in [2.75, 3.05) is 34.0 Å². The van der Waals surface area contributed by atoms with Crippen LogP contribution >= 0.6 is 0 Å². The summed E-state index contributed by atoms with van der Waals surface area (Å²) in [7, 11) is 3.33. The lowest BCUT2D eigenvalue weighted by atomic mass is 9.77. The molecule has 2 N–H and O–H groups in total. The molecular weight excluding hydrogens is 438 g/mol. The predicted molar refractivity (Wildman–Crippen MR) is 126 cm³/mol. The van der Waals surface area contributed by atoms with E-state index in [-0.39, 0.29) is 29.0 Å². The van der Waals surface area contributed by atoms with Gasteiger partial charge in [0.05, 0.1) is 32.1 Å². The average molecular weight is 472 g/mol. The molecular formula is C26H33NO7. The van der Waals surface area contributed by atoms with E-state index >= 15 is 0 Å². The molecule has 1 aliphatic heterocycles. The van der Waals surface area contributed by atoms with Crippen molar-refractivity contribution in [3.8, 4) is 17.0 Å². The minimum Gasteiger partial charge on any atom is -0.493 e. The van der Waals surface area contributed by atoms with Crippen LogP contribution in [0.1, 0.15) is 54.2 Å².